The molecule has 7 nitrogen and oxygen atoms in total. The third-order valence-corrected chi connectivity index (χ3v) is 6.47. The van der Waals surface area contributed by atoms with E-state index in [-0.39, 0.29) is 15.8 Å². The number of halogens is 1. The number of aryl methyl sites for hydroxylation is 1. The van der Waals surface area contributed by atoms with Gasteiger partial charge in [0, 0.05) is 5.56 Å². The molecular weight excluding hydrogens is 430 g/mol. The number of hydrogen-bond donors (Lipinski definition) is 2. The Kier molecular flexibility index (Phi) is 4.93. The summed E-state index contributed by atoms with van der Waals surface area (Å²) in [5.74, 6) is -0.416. The van der Waals surface area contributed by atoms with E-state index in [1.165, 1.54) is 6.07 Å². The highest BCUT2D eigenvalue weighted by Gasteiger charge is 2.24. The second-order valence-electron chi connectivity index (χ2n) is 4.95. The van der Waals surface area contributed by atoms with E-state index in [0.29, 0.717) is 15.7 Å². The summed E-state index contributed by atoms with van der Waals surface area (Å²) in [6.07, 6.45) is 0. The first-order chi connectivity index (χ1) is 11.9. The normalized spacial score (nSPS) is 11.3. The van der Waals surface area contributed by atoms with E-state index >= 15 is 0 Å². The first-order valence-electron chi connectivity index (χ1n) is 6.97. The van der Waals surface area contributed by atoms with Crippen molar-refractivity contribution in [3.8, 4) is 0 Å². The summed E-state index contributed by atoms with van der Waals surface area (Å²) >= 11 is 4.32. The van der Waals surface area contributed by atoms with E-state index in [4.69, 9.17) is 4.52 Å². The second kappa shape index (κ2) is 6.98. The van der Waals surface area contributed by atoms with Crippen LogP contribution in [0.2, 0.25) is 0 Å². The van der Waals surface area contributed by atoms with Crippen LogP contribution in [0, 0.1) is 6.92 Å². The largest absolute Gasteiger partial charge is 0.336 e. The molecule has 0 fully saturated rings. The maximum atomic E-state index is 12.6. The van der Waals surface area contributed by atoms with Gasteiger partial charge in [-0.25, -0.2) is 13.1 Å². The van der Waals surface area contributed by atoms with Crippen LogP contribution in [0.1, 0.15) is 16.1 Å². The number of sulfonamides is 1. The Morgan fingerprint density at radius 3 is 2.60 bits per heavy atom. The molecular formula is C15H12BrN3O4S2. The fraction of sp³-hybridized carbons (Fsp3) is 0.0667. The summed E-state index contributed by atoms with van der Waals surface area (Å²) in [5.41, 5.74) is 0.946. The van der Waals surface area contributed by atoms with Gasteiger partial charge in [-0.1, -0.05) is 23.4 Å². The van der Waals surface area contributed by atoms with Crippen LogP contribution in [0.25, 0.3) is 0 Å². The van der Waals surface area contributed by atoms with Crippen molar-refractivity contribution in [3.05, 3.63) is 57.5 Å². The van der Waals surface area contributed by atoms with Gasteiger partial charge in [0.05, 0.1) is 5.69 Å². The molecule has 0 aliphatic heterocycles. The van der Waals surface area contributed by atoms with Gasteiger partial charge in [0.15, 0.2) is 0 Å². The molecule has 2 heterocycles. The predicted octanol–water partition coefficient (Wildman–Crippen LogP) is 3.86. The Morgan fingerprint density at radius 1 is 1.24 bits per heavy atom. The van der Waals surface area contributed by atoms with Gasteiger partial charge in [0.1, 0.15) is 14.4 Å². The fourth-order valence-corrected chi connectivity index (χ4v) is 4.61. The maximum absolute atomic E-state index is 12.6. The van der Waals surface area contributed by atoms with Gasteiger partial charge >= 0.3 is 0 Å². The van der Waals surface area contributed by atoms with Gasteiger partial charge in [-0.2, -0.15) is 0 Å². The molecule has 3 rings (SSSR count). The third kappa shape index (κ3) is 3.75. The average Bonchev–Trinajstić information content (AvgIpc) is 3.18. The van der Waals surface area contributed by atoms with Crippen LogP contribution in [0.15, 0.2) is 55.7 Å². The summed E-state index contributed by atoms with van der Waals surface area (Å²) in [6, 6.07) is 9.94. The smallest absolute Gasteiger partial charge is 0.267 e. The van der Waals surface area contributed by atoms with E-state index in [0.717, 1.165) is 11.3 Å². The van der Waals surface area contributed by atoms with Gasteiger partial charge in [0.2, 0.25) is 0 Å². The van der Waals surface area contributed by atoms with Crippen LogP contribution in [-0.2, 0) is 10.0 Å². The van der Waals surface area contributed by atoms with Crippen LogP contribution in [-0.4, -0.2) is 19.5 Å². The fourth-order valence-electron chi connectivity index (χ4n) is 1.96. The lowest BCUT2D eigenvalue weighted by Crippen LogP contribution is -2.16. The van der Waals surface area contributed by atoms with Gasteiger partial charge in [-0.05, 0) is 46.4 Å². The van der Waals surface area contributed by atoms with Crippen LogP contribution >= 0.6 is 27.3 Å². The molecule has 130 valence electrons. The molecule has 3 aromatic rings. The van der Waals surface area contributed by atoms with Crippen molar-refractivity contribution < 1.29 is 17.7 Å². The monoisotopic (exact) mass is 441 g/mol. The Morgan fingerprint density at radius 2 is 1.96 bits per heavy atom. The van der Waals surface area contributed by atoms with E-state index in [1.807, 2.05) is 0 Å². The highest BCUT2D eigenvalue weighted by atomic mass is 79.9. The molecule has 0 bridgehead atoms. The van der Waals surface area contributed by atoms with Crippen molar-refractivity contribution in [2.24, 2.45) is 0 Å². The maximum Gasteiger partial charge on any atom is 0.267 e. The minimum atomic E-state index is -3.96. The van der Waals surface area contributed by atoms with Crippen molar-refractivity contribution >= 4 is 54.1 Å². The minimum absolute atomic E-state index is 0.0240. The molecule has 2 aromatic heterocycles. The molecule has 0 unspecified atom stereocenters. The Hall–Kier alpha value is -2.17. The van der Waals surface area contributed by atoms with Gasteiger partial charge in [-0.3, -0.25) is 4.79 Å². The molecule has 10 heteroatoms. The van der Waals surface area contributed by atoms with Crippen molar-refractivity contribution in [2.45, 2.75) is 11.8 Å². The highest BCUT2D eigenvalue weighted by molar-refractivity contribution is 9.10. The average molecular weight is 442 g/mol. The molecule has 2 N–H and O–H groups in total. The van der Waals surface area contributed by atoms with Gasteiger partial charge < -0.3 is 9.84 Å². The molecule has 0 radical (unpaired) electrons. The number of amides is 1. The van der Waals surface area contributed by atoms with Crippen LogP contribution in [0.3, 0.4) is 0 Å². The lowest BCUT2D eigenvalue weighted by molar-refractivity contribution is 0.102. The number of nitrogens with zero attached hydrogens (tertiary/aromatic N) is 1. The number of hydrogen-bond acceptors (Lipinski definition) is 6. The summed E-state index contributed by atoms with van der Waals surface area (Å²) in [6.45, 7) is 1.67. The Labute approximate surface area is 156 Å². The zero-order chi connectivity index (χ0) is 18.0. The number of rotatable bonds is 5. The number of nitrogens with one attached hydrogen (secondary N) is 2. The number of anilines is 2. The summed E-state index contributed by atoms with van der Waals surface area (Å²) in [7, 11) is -3.96. The quantitative estimate of drug-likeness (QED) is 0.625. The molecule has 25 heavy (non-hydrogen) atoms. The van der Waals surface area contributed by atoms with Crippen LogP contribution in [0.5, 0.6) is 0 Å². The number of aromatic nitrogens is 1. The zero-order valence-electron chi connectivity index (χ0n) is 12.8. The highest BCUT2D eigenvalue weighted by Crippen LogP contribution is 2.32. The summed E-state index contributed by atoms with van der Waals surface area (Å²) in [5, 5.41) is 8.09. The van der Waals surface area contributed by atoms with Crippen molar-refractivity contribution in [1.82, 2.24) is 5.16 Å². The molecule has 0 spiro atoms. The molecule has 1 aromatic carbocycles. The Balaban J connectivity index is 1.85. The van der Waals surface area contributed by atoms with Crippen molar-refractivity contribution in [1.29, 1.82) is 0 Å². The Bertz CT molecular complexity index is 1010. The first-order valence-corrected chi connectivity index (χ1v) is 10.1. The van der Waals surface area contributed by atoms with E-state index in [2.05, 4.69) is 31.1 Å². The summed E-state index contributed by atoms with van der Waals surface area (Å²) in [4.78, 5) is 12.2. The van der Waals surface area contributed by atoms with Gasteiger partial charge in [-0.15, -0.1) is 11.3 Å². The summed E-state index contributed by atoms with van der Waals surface area (Å²) < 4.78 is 32.9. The van der Waals surface area contributed by atoms with E-state index < -0.39 is 15.9 Å². The molecule has 0 saturated carbocycles. The van der Waals surface area contributed by atoms with Crippen LogP contribution < -0.4 is 10.0 Å². The number of carbonyl (C=O) groups excluding carboxylic acids is 1. The molecule has 0 atom stereocenters. The first kappa shape index (κ1) is 17.6. The zero-order valence-corrected chi connectivity index (χ0v) is 16.0. The van der Waals surface area contributed by atoms with E-state index in [9.17, 15) is 13.2 Å². The number of carbonyl (C=O) groups is 1. The number of benzene rings is 1. The lowest BCUT2D eigenvalue weighted by Gasteiger charge is -2.08. The molecule has 0 aliphatic carbocycles. The topological polar surface area (TPSA) is 101 Å². The molecule has 1 amide bonds. The standard InChI is InChI=1S/C15H12BrN3O4S2/c1-9-12(16)14(23-18-9)19-25(21,22)11-7-8-24-15(11)17-13(20)10-5-3-2-4-6-10/h2-8,19H,1H3,(H,17,20). The predicted molar refractivity (Wildman–Crippen MR) is 98.5 cm³/mol. The SMILES string of the molecule is Cc1noc(NS(=O)(=O)c2ccsc2NC(=O)c2ccccc2)c1Br. The third-order valence-electron chi connectivity index (χ3n) is 3.20. The van der Waals surface area contributed by atoms with Crippen molar-refractivity contribution in [3.63, 3.8) is 0 Å². The second-order valence-corrected chi connectivity index (χ2v) is 8.31. The van der Waals surface area contributed by atoms with Gasteiger partial charge in [0.25, 0.3) is 21.8 Å². The number of thiophene rings is 1. The molecule has 0 saturated heterocycles. The van der Waals surface area contributed by atoms with E-state index in [1.54, 1.807) is 42.6 Å². The molecule has 0 aliphatic rings. The lowest BCUT2D eigenvalue weighted by atomic mass is 10.2. The van der Waals surface area contributed by atoms with Crippen molar-refractivity contribution in [2.75, 3.05) is 10.0 Å². The van der Waals surface area contributed by atoms with Crippen LogP contribution in [0.4, 0.5) is 10.9 Å². The minimum Gasteiger partial charge on any atom is -0.336 e.